The minimum absolute atomic E-state index is 0.0148. The van der Waals surface area contributed by atoms with Gasteiger partial charge in [0.05, 0.1) is 18.8 Å². The summed E-state index contributed by atoms with van der Waals surface area (Å²) in [6.45, 7) is 8.03. The lowest BCUT2D eigenvalue weighted by molar-refractivity contribution is -0.357. The monoisotopic (exact) mass is 507 g/mol. The van der Waals surface area contributed by atoms with Gasteiger partial charge in [-0.1, -0.05) is 26.8 Å². The minimum Gasteiger partial charge on any atom is -0.389 e. The molecule has 0 aromatic heterocycles. The maximum atomic E-state index is 13.3. The molecule has 7 rings (SSSR count). The van der Waals surface area contributed by atoms with E-state index in [2.05, 4.69) is 58.0 Å². The molecular weight excluding hydrogens is 462 g/mol. The number of fused-ring (bicyclic) bond motifs is 4. The first-order chi connectivity index (χ1) is 17.4. The summed E-state index contributed by atoms with van der Waals surface area (Å²) >= 11 is 0. The highest BCUT2D eigenvalue weighted by molar-refractivity contribution is 5.87. The first-order valence-corrected chi connectivity index (χ1v) is 14.7. The van der Waals surface area contributed by atoms with Gasteiger partial charge in [-0.25, -0.2) is 0 Å². The van der Waals surface area contributed by atoms with Crippen LogP contribution in [-0.2, 0) is 20.7 Å². The van der Waals surface area contributed by atoms with Crippen molar-refractivity contribution in [1.82, 2.24) is 0 Å². The number of hydrogen-bond acceptors (Lipinski definition) is 5. The summed E-state index contributed by atoms with van der Waals surface area (Å²) in [6, 6.07) is 6.98. The Morgan fingerprint density at radius 3 is 2.51 bits per heavy atom. The van der Waals surface area contributed by atoms with Crippen LogP contribution < -0.4 is 4.90 Å². The van der Waals surface area contributed by atoms with Crippen LogP contribution in [0.25, 0.3) is 0 Å². The summed E-state index contributed by atoms with van der Waals surface area (Å²) in [5.74, 6) is 1.56. The molecule has 5 heteroatoms. The zero-order chi connectivity index (χ0) is 26.0. The van der Waals surface area contributed by atoms with Crippen LogP contribution in [0.4, 0.5) is 5.69 Å². The molecular formula is C32H45NO4. The van der Waals surface area contributed by atoms with E-state index in [1.807, 2.05) is 0 Å². The van der Waals surface area contributed by atoms with Gasteiger partial charge in [0.2, 0.25) is 0 Å². The Morgan fingerprint density at radius 1 is 1.03 bits per heavy atom. The Kier molecular flexibility index (Phi) is 5.06. The number of hydrogen-bond donors (Lipinski definition) is 1. The highest BCUT2D eigenvalue weighted by atomic mass is 16.7. The van der Waals surface area contributed by atoms with E-state index in [9.17, 15) is 9.90 Å². The van der Waals surface area contributed by atoms with Gasteiger partial charge < -0.3 is 19.5 Å². The van der Waals surface area contributed by atoms with Crippen molar-refractivity contribution in [2.45, 2.75) is 95.9 Å². The van der Waals surface area contributed by atoms with Gasteiger partial charge in [-0.15, -0.1) is 0 Å². The molecule has 1 saturated heterocycles. The van der Waals surface area contributed by atoms with E-state index >= 15 is 0 Å². The smallest absolute Gasteiger partial charge is 0.171 e. The second kappa shape index (κ2) is 7.61. The van der Waals surface area contributed by atoms with Crippen LogP contribution >= 0.6 is 0 Å². The van der Waals surface area contributed by atoms with Crippen LogP contribution in [0.5, 0.6) is 0 Å². The van der Waals surface area contributed by atoms with Crippen molar-refractivity contribution in [3.8, 4) is 0 Å². The second-order valence-electron chi connectivity index (χ2n) is 15.0. The highest BCUT2D eigenvalue weighted by Crippen LogP contribution is 2.73. The van der Waals surface area contributed by atoms with Gasteiger partial charge in [0, 0.05) is 55.3 Å². The molecule has 5 aliphatic carbocycles. The van der Waals surface area contributed by atoms with E-state index in [1.54, 1.807) is 0 Å². The molecule has 0 amide bonds. The number of benzene rings is 1. The average Bonchev–Trinajstić information content (AvgIpc) is 3.15. The topological polar surface area (TPSA) is 59.0 Å². The maximum absolute atomic E-state index is 13.3. The van der Waals surface area contributed by atoms with Crippen molar-refractivity contribution in [1.29, 1.82) is 0 Å². The largest absolute Gasteiger partial charge is 0.389 e. The van der Waals surface area contributed by atoms with Gasteiger partial charge in [0.15, 0.2) is 5.79 Å². The van der Waals surface area contributed by atoms with Crippen LogP contribution in [0, 0.1) is 34.0 Å². The van der Waals surface area contributed by atoms with E-state index in [0.29, 0.717) is 49.1 Å². The number of ketones is 1. The second-order valence-corrected chi connectivity index (χ2v) is 15.0. The quantitative estimate of drug-likeness (QED) is 0.546. The zero-order valence-corrected chi connectivity index (χ0v) is 23.4. The van der Waals surface area contributed by atoms with Gasteiger partial charge in [0.25, 0.3) is 0 Å². The molecule has 4 saturated carbocycles. The molecule has 7 atom stereocenters. The molecule has 37 heavy (non-hydrogen) atoms. The molecule has 2 spiro atoms. The number of rotatable bonds is 1. The van der Waals surface area contributed by atoms with Gasteiger partial charge in [-0.3, -0.25) is 4.79 Å². The Balaban J connectivity index is 1.35. The lowest BCUT2D eigenvalue weighted by Crippen LogP contribution is -2.70. The molecule has 5 fully saturated rings. The van der Waals surface area contributed by atoms with E-state index in [-0.39, 0.29) is 16.2 Å². The normalized spacial score (nSPS) is 45.0. The summed E-state index contributed by atoms with van der Waals surface area (Å²) in [7, 11) is 4.21. The molecule has 1 aromatic rings. The third-order valence-electron chi connectivity index (χ3n) is 12.2. The van der Waals surface area contributed by atoms with Crippen LogP contribution in [0.1, 0.15) is 89.2 Å². The number of carbonyl (C=O) groups is 1. The summed E-state index contributed by atoms with van der Waals surface area (Å²) < 4.78 is 13.0. The van der Waals surface area contributed by atoms with E-state index in [1.165, 1.54) is 16.8 Å². The van der Waals surface area contributed by atoms with Gasteiger partial charge in [-0.2, -0.15) is 0 Å². The summed E-state index contributed by atoms with van der Waals surface area (Å²) in [5, 5.41) is 12.8. The van der Waals surface area contributed by atoms with Crippen molar-refractivity contribution >= 4 is 11.5 Å². The third-order valence-corrected chi connectivity index (χ3v) is 12.2. The van der Waals surface area contributed by atoms with Crippen LogP contribution in [0.15, 0.2) is 18.2 Å². The Bertz CT molecular complexity index is 1130. The molecule has 5 nitrogen and oxygen atoms in total. The van der Waals surface area contributed by atoms with Crippen LogP contribution in [-0.4, -0.2) is 49.6 Å². The molecule has 2 unspecified atom stereocenters. The fourth-order valence-corrected chi connectivity index (χ4v) is 10.3. The Hall–Kier alpha value is -1.43. The molecule has 6 aliphatic rings. The van der Waals surface area contributed by atoms with Crippen molar-refractivity contribution in [2.24, 2.45) is 34.0 Å². The summed E-state index contributed by atoms with van der Waals surface area (Å²) in [4.78, 5) is 15.5. The number of ether oxygens (including phenoxy) is 2. The van der Waals surface area contributed by atoms with Crippen molar-refractivity contribution < 1.29 is 19.4 Å². The van der Waals surface area contributed by atoms with Crippen molar-refractivity contribution in [3.63, 3.8) is 0 Å². The molecule has 1 N–H and O–H groups in total. The first kappa shape index (κ1) is 24.6. The molecule has 202 valence electrons. The number of aliphatic hydroxyl groups is 1. The fraction of sp³-hybridized carbons (Fsp3) is 0.781. The van der Waals surface area contributed by atoms with Crippen LogP contribution in [0.3, 0.4) is 0 Å². The number of Topliss-reactive ketones (excluding diaryl/α,β-unsaturated/α-hetero) is 1. The molecule has 0 radical (unpaired) electrons. The highest BCUT2D eigenvalue weighted by Gasteiger charge is 2.72. The average molecular weight is 508 g/mol. The third kappa shape index (κ3) is 3.23. The standard InChI is InChI=1S/C32H45NO4/c1-28(2)18-36-32(37-19-28)13-12-30-15-20-14-21(33(4)5)6-7-22(20)24-16-29(3)25(8-9-26(29)34)23(27(24)30)10-11-31(30,35)17-32/h6-7,14,23-25,27,35H,8-13,15-19H2,1-5H3/t23-,24?,25-,27?,29-,30-,31+/m0/s1. The lowest BCUT2D eigenvalue weighted by atomic mass is 9.37. The molecule has 1 aromatic carbocycles. The molecule has 1 heterocycles. The number of anilines is 1. The van der Waals surface area contributed by atoms with E-state index in [0.717, 1.165) is 51.4 Å². The Labute approximate surface area is 222 Å². The fourth-order valence-electron chi connectivity index (χ4n) is 10.3. The SMILES string of the molecule is CN(C)c1ccc2c(c1)C[C@]13CCC4(C[C@]1(O)CC[C@@H]1C3C2C[C@]2(C)C(=O)CC[C@@H]12)OCC(C)(C)CO4. The maximum Gasteiger partial charge on any atom is 0.171 e. The first-order valence-electron chi connectivity index (χ1n) is 14.7. The van der Waals surface area contributed by atoms with Crippen LogP contribution in [0.2, 0.25) is 0 Å². The minimum atomic E-state index is -0.811. The van der Waals surface area contributed by atoms with E-state index in [4.69, 9.17) is 9.47 Å². The zero-order valence-electron chi connectivity index (χ0n) is 23.4. The van der Waals surface area contributed by atoms with Crippen molar-refractivity contribution in [2.75, 3.05) is 32.2 Å². The van der Waals surface area contributed by atoms with Gasteiger partial charge >= 0.3 is 0 Å². The number of nitrogens with zero attached hydrogens (tertiary/aromatic N) is 1. The van der Waals surface area contributed by atoms with Gasteiger partial charge in [-0.05, 0) is 85.5 Å². The van der Waals surface area contributed by atoms with E-state index < -0.39 is 11.4 Å². The predicted octanol–water partition coefficient (Wildman–Crippen LogP) is 5.48. The summed E-state index contributed by atoms with van der Waals surface area (Å²) in [5.41, 5.74) is 2.86. The summed E-state index contributed by atoms with van der Waals surface area (Å²) in [6.07, 6.45) is 7.82. The van der Waals surface area contributed by atoms with Gasteiger partial charge in [0.1, 0.15) is 5.78 Å². The molecule has 1 aliphatic heterocycles. The molecule has 0 bridgehead atoms. The Morgan fingerprint density at radius 2 is 1.78 bits per heavy atom. The predicted molar refractivity (Wildman–Crippen MR) is 144 cm³/mol. The lowest BCUT2D eigenvalue weighted by Gasteiger charge is -2.69. The van der Waals surface area contributed by atoms with Crippen molar-refractivity contribution in [3.05, 3.63) is 29.3 Å². The number of carbonyl (C=O) groups excluding carboxylic acids is 1.